The van der Waals surface area contributed by atoms with Crippen LogP contribution in [0.25, 0.3) is 6.08 Å². The van der Waals surface area contributed by atoms with E-state index in [-0.39, 0.29) is 15.8 Å². The van der Waals surface area contributed by atoms with E-state index in [1.807, 2.05) is 31.2 Å². The van der Waals surface area contributed by atoms with Gasteiger partial charge in [0.2, 0.25) is 15.9 Å². The molecule has 0 bridgehead atoms. The molecule has 8 heteroatoms. The van der Waals surface area contributed by atoms with E-state index in [1.165, 1.54) is 22.5 Å². The Bertz CT molecular complexity index is 1020. The monoisotopic (exact) mass is 434 g/mol. The number of amides is 1. The first-order valence-electron chi connectivity index (χ1n) is 9.42. The van der Waals surface area contributed by atoms with Crippen LogP contribution in [0.5, 0.6) is 5.75 Å². The van der Waals surface area contributed by atoms with Crippen LogP contribution < -0.4 is 10.1 Å². The molecule has 0 aliphatic carbocycles. The van der Waals surface area contributed by atoms with Crippen LogP contribution >= 0.6 is 11.6 Å². The number of hydrogen-bond acceptors (Lipinski definition) is 4. The van der Waals surface area contributed by atoms with E-state index < -0.39 is 10.0 Å². The van der Waals surface area contributed by atoms with E-state index in [2.05, 4.69) is 5.32 Å². The summed E-state index contributed by atoms with van der Waals surface area (Å²) in [5, 5.41) is 2.82. The van der Waals surface area contributed by atoms with Crippen LogP contribution in [0.3, 0.4) is 0 Å². The molecule has 1 saturated heterocycles. The third kappa shape index (κ3) is 5.18. The van der Waals surface area contributed by atoms with Crippen molar-refractivity contribution >= 4 is 39.3 Å². The molecule has 0 unspecified atom stereocenters. The highest BCUT2D eigenvalue weighted by atomic mass is 35.5. The minimum Gasteiger partial charge on any atom is -0.493 e. The van der Waals surface area contributed by atoms with Gasteiger partial charge in [-0.05, 0) is 50.1 Å². The SMILES string of the molecule is CCOc1ccccc1/C=C/C(=O)Nc1ccc(Cl)c(S(=O)(=O)N2CCCC2)c1. The van der Waals surface area contributed by atoms with Gasteiger partial charge in [0.1, 0.15) is 10.6 Å². The van der Waals surface area contributed by atoms with Gasteiger partial charge >= 0.3 is 0 Å². The van der Waals surface area contributed by atoms with Crippen LogP contribution in [0.2, 0.25) is 5.02 Å². The Kier molecular flexibility index (Phi) is 6.95. The highest BCUT2D eigenvalue weighted by Gasteiger charge is 2.29. The third-order valence-corrected chi connectivity index (χ3v) is 6.89. The lowest BCUT2D eigenvalue weighted by atomic mass is 10.2. The van der Waals surface area contributed by atoms with Crippen molar-refractivity contribution in [2.24, 2.45) is 0 Å². The number of para-hydroxylation sites is 1. The summed E-state index contributed by atoms with van der Waals surface area (Å²) in [6.07, 6.45) is 4.70. The predicted molar refractivity (Wildman–Crippen MR) is 115 cm³/mol. The summed E-state index contributed by atoms with van der Waals surface area (Å²) in [7, 11) is -3.68. The number of halogens is 1. The number of carbonyl (C=O) groups excluding carboxylic acids is 1. The van der Waals surface area contributed by atoms with Crippen molar-refractivity contribution in [3.63, 3.8) is 0 Å². The molecule has 1 heterocycles. The van der Waals surface area contributed by atoms with Crippen molar-refractivity contribution in [1.82, 2.24) is 4.31 Å². The molecule has 0 aromatic heterocycles. The summed E-state index contributed by atoms with van der Waals surface area (Å²) in [5.41, 5.74) is 1.14. The molecule has 6 nitrogen and oxygen atoms in total. The number of rotatable bonds is 7. The summed E-state index contributed by atoms with van der Waals surface area (Å²) >= 11 is 6.14. The Labute approximate surface area is 176 Å². The fourth-order valence-corrected chi connectivity index (χ4v) is 5.12. The summed E-state index contributed by atoms with van der Waals surface area (Å²) in [6, 6.07) is 11.8. The molecule has 2 aromatic rings. The highest BCUT2D eigenvalue weighted by Crippen LogP contribution is 2.29. The van der Waals surface area contributed by atoms with E-state index in [9.17, 15) is 13.2 Å². The van der Waals surface area contributed by atoms with Gasteiger partial charge in [0.05, 0.1) is 11.6 Å². The van der Waals surface area contributed by atoms with Gasteiger partial charge in [0.25, 0.3) is 0 Å². The van der Waals surface area contributed by atoms with Crippen LogP contribution in [0.4, 0.5) is 5.69 Å². The van der Waals surface area contributed by atoms with Crippen LogP contribution in [-0.4, -0.2) is 38.3 Å². The van der Waals surface area contributed by atoms with Gasteiger partial charge in [-0.25, -0.2) is 8.42 Å². The second kappa shape index (κ2) is 9.43. The van der Waals surface area contributed by atoms with Crippen molar-refractivity contribution in [3.05, 3.63) is 59.1 Å². The van der Waals surface area contributed by atoms with Crippen LogP contribution in [0.15, 0.2) is 53.4 Å². The van der Waals surface area contributed by atoms with Crippen molar-refractivity contribution in [3.8, 4) is 5.75 Å². The second-order valence-corrected chi connectivity index (χ2v) is 8.86. The first-order valence-corrected chi connectivity index (χ1v) is 11.2. The highest BCUT2D eigenvalue weighted by molar-refractivity contribution is 7.89. The molecule has 29 heavy (non-hydrogen) atoms. The summed E-state index contributed by atoms with van der Waals surface area (Å²) in [6.45, 7) is 3.38. The third-order valence-electron chi connectivity index (χ3n) is 4.51. The van der Waals surface area contributed by atoms with E-state index >= 15 is 0 Å². The number of nitrogens with one attached hydrogen (secondary N) is 1. The standard InChI is InChI=1S/C21H23ClN2O4S/c1-2-28-19-8-4-3-7-16(19)9-12-21(25)23-17-10-11-18(22)20(15-17)29(26,27)24-13-5-6-14-24/h3-4,7-12,15H,2,5-6,13-14H2,1H3,(H,23,25)/b12-9+. The summed E-state index contributed by atoms with van der Waals surface area (Å²) in [5.74, 6) is 0.299. The Balaban J connectivity index is 1.76. The van der Waals surface area contributed by atoms with E-state index in [0.29, 0.717) is 31.1 Å². The average Bonchev–Trinajstić information content (AvgIpc) is 3.25. The largest absolute Gasteiger partial charge is 0.493 e. The van der Waals surface area contributed by atoms with Crippen LogP contribution in [-0.2, 0) is 14.8 Å². The molecule has 3 rings (SSSR count). The number of benzene rings is 2. The van der Waals surface area contributed by atoms with Gasteiger partial charge in [-0.3, -0.25) is 4.79 Å². The molecule has 0 radical (unpaired) electrons. The van der Waals surface area contributed by atoms with Crippen molar-refractivity contribution in [2.75, 3.05) is 25.0 Å². The lowest BCUT2D eigenvalue weighted by Crippen LogP contribution is -2.28. The van der Waals surface area contributed by atoms with Gasteiger partial charge in [-0.15, -0.1) is 0 Å². The van der Waals surface area contributed by atoms with Crippen molar-refractivity contribution < 1.29 is 17.9 Å². The molecule has 2 aromatic carbocycles. The molecular formula is C21H23ClN2O4S. The summed E-state index contributed by atoms with van der Waals surface area (Å²) < 4.78 is 32.6. The fraction of sp³-hybridized carbons (Fsp3) is 0.286. The number of nitrogens with zero attached hydrogens (tertiary/aromatic N) is 1. The second-order valence-electron chi connectivity index (χ2n) is 6.55. The lowest BCUT2D eigenvalue weighted by molar-refractivity contribution is -0.111. The quantitative estimate of drug-likeness (QED) is 0.663. The number of anilines is 1. The van der Waals surface area contributed by atoms with Crippen LogP contribution in [0, 0.1) is 0 Å². The maximum absolute atomic E-state index is 12.8. The van der Waals surface area contributed by atoms with E-state index in [4.69, 9.17) is 16.3 Å². The molecule has 154 valence electrons. The van der Waals surface area contributed by atoms with Crippen molar-refractivity contribution in [2.45, 2.75) is 24.7 Å². The Morgan fingerprint density at radius 1 is 1.21 bits per heavy atom. The fourth-order valence-electron chi connectivity index (χ4n) is 3.10. The summed E-state index contributed by atoms with van der Waals surface area (Å²) in [4.78, 5) is 12.3. The van der Waals surface area contributed by atoms with Gasteiger partial charge < -0.3 is 10.1 Å². The lowest BCUT2D eigenvalue weighted by Gasteiger charge is -2.17. The number of carbonyl (C=O) groups is 1. The maximum atomic E-state index is 12.8. The maximum Gasteiger partial charge on any atom is 0.248 e. The van der Waals surface area contributed by atoms with Crippen molar-refractivity contribution in [1.29, 1.82) is 0 Å². The number of ether oxygens (including phenoxy) is 1. The molecule has 0 saturated carbocycles. The molecule has 0 spiro atoms. The Morgan fingerprint density at radius 2 is 1.93 bits per heavy atom. The Hall–Kier alpha value is -2.35. The normalized spacial score (nSPS) is 15.0. The zero-order valence-corrected chi connectivity index (χ0v) is 17.7. The van der Waals surface area contributed by atoms with E-state index in [0.717, 1.165) is 18.4 Å². The first kappa shape index (κ1) is 21.4. The van der Waals surface area contributed by atoms with Gasteiger partial charge in [0.15, 0.2) is 0 Å². The molecule has 0 atom stereocenters. The molecule has 1 N–H and O–H groups in total. The zero-order chi connectivity index (χ0) is 20.9. The van der Waals surface area contributed by atoms with Gasteiger partial charge in [0, 0.05) is 30.4 Å². The molecule has 1 fully saturated rings. The molecule has 1 aliphatic heterocycles. The molecule has 1 aliphatic rings. The predicted octanol–water partition coefficient (Wildman–Crippen LogP) is 4.18. The molecule has 1 amide bonds. The molecular weight excluding hydrogens is 412 g/mol. The topological polar surface area (TPSA) is 75.7 Å². The van der Waals surface area contributed by atoms with E-state index in [1.54, 1.807) is 12.1 Å². The van der Waals surface area contributed by atoms with Gasteiger partial charge in [-0.2, -0.15) is 4.31 Å². The zero-order valence-electron chi connectivity index (χ0n) is 16.1. The average molecular weight is 435 g/mol. The Morgan fingerprint density at radius 3 is 2.66 bits per heavy atom. The smallest absolute Gasteiger partial charge is 0.248 e. The number of sulfonamides is 1. The minimum atomic E-state index is -3.68. The van der Waals surface area contributed by atoms with Crippen LogP contribution in [0.1, 0.15) is 25.3 Å². The minimum absolute atomic E-state index is 0.00420. The van der Waals surface area contributed by atoms with Gasteiger partial charge in [-0.1, -0.05) is 29.8 Å². The first-order chi connectivity index (χ1) is 13.9. The number of hydrogen-bond donors (Lipinski definition) is 1.